The fourth-order valence-corrected chi connectivity index (χ4v) is 6.81. The molecule has 0 aliphatic rings. The number of phosphoric acid groups is 1. The highest BCUT2D eigenvalue weighted by molar-refractivity contribution is 7.47. The van der Waals surface area contributed by atoms with E-state index in [0.29, 0.717) is 30.3 Å². The summed E-state index contributed by atoms with van der Waals surface area (Å²) in [6.07, 6.45) is 65.4. The van der Waals surface area contributed by atoms with E-state index in [4.69, 9.17) is 18.5 Å². The molecular formula is C56H93NO8P+. The van der Waals surface area contributed by atoms with Crippen molar-refractivity contribution < 1.29 is 42.1 Å². The lowest BCUT2D eigenvalue weighted by Crippen LogP contribution is -2.37. The molecule has 0 bridgehead atoms. The van der Waals surface area contributed by atoms with Crippen molar-refractivity contribution in [1.29, 1.82) is 0 Å². The average molecular weight is 939 g/mol. The number of rotatable bonds is 44. The molecule has 0 spiro atoms. The summed E-state index contributed by atoms with van der Waals surface area (Å²) in [4.78, 5) is 35.5. The van der Waals surface area contributed by atoms with Gasteiger partial charge in [-0.3, -0.25) is 18.6 Å². The SMILES string of the molecule is CC/C=C\C/C=C\C/C=C\C/C=C\C/C=C\C/C=C\C/C=C\CCCC(=O)OC(COC(=O)CCCCCCCC/C=C\C/C=C\C/C=C\CCCCC)COP(=O)(O)OCC[N+](C)(C)C. The van der Waals surface area contributed by atoms with E-state index in [-0.39, 0.29) is 26.1 Å². The first-order valence-electron chi connectivity index (χ1n) is 25.3. The third kappa shape index (κ3) is 49.8. The topological polar surface area (TPSA) is 108 Å². The predicted molar refractivity (Wildman–Crippen MR) is 279 cm³/mol. The Morgan fingerprint density at radius 2 is 0.879 bits per heavy atom. The van der Waals surface area contributed by atoms with Gasteiger partial charge in [0.15, 0.2) is 6.10 Å². The van der Waals surface area contributed by atoms with Gasteiger partial charge in [0.1, 0.15) is 19.8 Å². The maximum absolute atomic E-state index is 12.7. The largest absolute Gasteiger partial charge is 0.472 e. The molecule has 0 aromatic rings. The van der Waals surface area contributed by atoms with Crippen LogP contribution >= 0.6 is 7.82 Å². The van der Waals surface area contributed by atoms with Gasteiger partial charge < -0.3 is 18.9 Å². The molecule has 2 unspecified atom stereocenters. The van der Waals surface area contributed by atoms with E-state index in [1.807, 2.05) is 27.2 Å². The van der Waals surface area contributed by atoms with Gasteiger partial charge in [-0.25, -0.2) is 4.57 Å². The van der Waals surface area contributed by atoms with E-state index in [2.05, 4.69) is 129 Å². The molecule has 0 aromatic carbocycles. The monoisotopic (exact) mass is 939 g/mol. The number of allylic oxidation sites excluding steroid dienone is 20. The standard InChI is InChI=1S/C56H92NO8P/c1-6-8-10-12-14-16-18-20-22-24-26-27-28-29-31-33-35-37-39-41-43-45-47-49-56(59)65-54(53-64-66(60,61)63-51-50-57(3,4)5)52-62-55(58)48-46-44-42-40-38-36-34-32-30-25-23-21-19-17-15-13-11-9-7-2/h8,10,14-17,20-23,26-27,29-32,35,37,41,43,54H,6-7,9,11-13,18-19,24-25,28,33-34,36,38-40,42,44-53H2,1-5H3/p+1/b10-8-,16-14-,17-15-,22-20-,23-21-,27-26-,31-29-,32-30-,37-35-,43-41-. The number of nitrogens with zero attached hydrogens (tertiary/aromatic N) is 1. The smallest absolute Gasteiger partial charge is 0.462 e. The Labute approximate surface area is 403 Å². The fourth-order valence-electron chi connectivity index (χ4n) is 6.07. The number of carbonyl (C=O) groups excluding carboxylic acids is 2. The highest BCUT2D eigenvalue weighted by atomic mass is 31.2. The van der Waals surface area contributed by atoms with Crippen LogP contribution in [0, 0.1) is 0 Å². The van der Waals surface area contributed by atoms with E-state index in [1.54, 1.807) is 0 Å². The Bertz CT molecular complexity index is 1530. The summed E-state index contributed by atoms with van der Waals surface area (Å²) in [6.45, 7) is 4.18. The zero-order valence-corrected chi connectivity index (χ0v) is 43.0. The van der Waals surface area contributed by atoms with Gasteiger partial charge >= 0.3 is 19.8 Å². The van der Waals surface area contributed by atoms with Crippen LogP contribution in [0.2, 0.25) is 0 Å². The third-order valence-corrected chi connectivity index (χ3v) is 11.0. The zero-order chi connectivity index (χ0) is 48.5. The second-order valence-electron chi connectivity index (χ2n) is 17.5. The Balaban J connectivity index is 4.44. The minimum absolute atomic E-state index is 0.0109. The Hall–Kier alpha value is -3.59. The lowest BCUT2D eigenvalue weighted by atomic mass is 10.1. The molecule has 0 aromatic heterocycles. The van der Waals surface area contributed by atoms with Crippen molar-refractivity contribution in [3.05, 3.63) is 122 Å². The molecule has 0 saturated heterocycles. The van der Waals surface area contributed by atoms with Crippen molar-refractivity contribution in [1.82, 2.24) is 0 Å². The molecule has 0 rings (SSSR count). The number of carbonyl (C=O) groups is 2. The number of ether oxygens (including phenoxy) is 2. The van der Waals surface area contributed by atoms with Crippen LogP contribution in [0.3, 0.4) is 0 Å². The summed E-state index contributed by atoms with van der Waals surface area (Å²) in [5.74, 6) is -0.894. The number of esters is 2. The second-order valence-corrected chi connectivity index (χ2v) is 18.9. The molecule has 2 atom stereocenters. The van der Waals surface area contributed by atoms with Crippen molar-refractivity contribution >= 4 is 19.8 Å². The lowest BCUT2D eigenvalue weighted by molar-refractivity contribution is -0.870. The Kier molecular flexibility index (Phi) is 44.0. The fraction of sp³-hybridized carbons (Fsp3) is 0.607. The molecule has 9 nitrogen and oxygen atoms in total. The van der Waals surface area contributed by atoms with Gasteiger partial charge in [0, 0.05) is 12.8 Å². The molecule has 0 radical (unpaired) electrons. The van der Waals surface area contributed by atoms with Gasteiger partial charge in [-0.1, -0.05) is 174 Å². The van der Waals surface area contributed by atoms with Gasteiger partial charge in [-0.05, 0) is 103 Å². The second kappa shape index (κ2) is 46.5. The lowest BCUT2D eigenvalue weighted by Gasteiger charge is -2.24. The van der Waals surface area contributed by atoms with Crippen molar-refractivity contribution in [2.24, 2.45) is 0 Å². The summed E-state index contributed by atoms with van der Waals surface area (Å²) < 4.78 is 34.3. The van der Waals surface area contributed by atoms with E-state index >= 15 is 0 Å². The van der Waals surface area contributed by atoms with Crippen molar-refractivity contribution in [2.45, 2.75) is 174 Å². The van der Waals surface area contributed by atoms with Gasteiger partial charge in [0.2, 0.25) is 0 Å². The molecule has 0 saturated carbocycles. The van der Waals surface area contributed by atoms with Crippen LogP contribution in [-0.4, -0.2) is 74.9 Å². The van der Waals surface area contributed by atoms with E-state index in [1.165, 1.54) is 25.7 Å². The maximum Gasteiger partial charge on any atom is 0.472 e. The summed E-state index contributed by atoms with van der Waals surface area (Å²) in [5, 5.41) is 0. The van der Waals surface area contributed by atoms with Crippen molar-refractivity contribution in [2.75, 3.05) is 47.5 Å². The van der Waals surface area contributed by atoms with Crippen molar-refractivity contribution in [3.63, 3.8) is 0 Å². The minimum atomic E-state index is -4.41. The molecule has 10 heteroatoms. The molecule has 0 aliphatic carbocycles. The number of quaternary nitrogens is 1. The van der Waals surface area contributed by atoms with Gasteiger partial charge in [0.25, 0.3) is 0 Å². The quantitative estimate of drug-likeness (QED) is 0.0212. The average Bonchev–Trinajstić information content (AvgIpc) is 3.27. The number of likely N-dealkylation sites (N-methyl/N-ethyl adjacent to an activating group) is 1. The summed E-state index contributed by atoms with van der Waals surface area (Å²) in [5.41, 5.74) is 0. The van der Waals surface area contributed by atoms with Gasteiger partial charge in [-0.15, -0.1) is 0 Å². The van der Waals surface area contributed by atoms with Crippen molar-refractivity contribution in [3.8, 4) is 0 Å². The van der Waals surface area contributed by atoms with Crippen LogP contribution in [0.4, 0.5) is 0 Å². The van der Waals surface area contributed by atoms with Gasteiger partial charge in [-0.2, -0.15) is 0 Å². The third-order valence-electron chi connectivity index (χ3n) is 9.98. The normalized spacial score (nSPS) is 14.5. The van der Waals surface area contributed by atoms with Crippen LogP contribution < -0.4 is 0 Å². The summed E-state index contributed by atoms with van der Waals surface area (Å²) in [7, 11) is 1.41. The maximum atomic E-state index is 12.7. The first-order chi connectivity index (χ1) is 32.0. The van der Waals surface area contributed by atoms with E-state index in [0.717, 1.165) is 96.3 Å². The van der Waals surface area contributed by atoms with Crippen LogP contribution in [0.1, 0.15) is 168 Å². The molecule has 374 valence electrons. The minimum Gasteiger partial charge on any atom is -0.462 e. The van der Waals surface area contributed by atoms with Crippen LogP contribution in [0.25, 0.3) is 0 Å². The molecule has 66 heavy (non-hydrogen) atoms. The summed E-state index contributed by atoms with van der Waals surface area (Å²) in [6, 6.07) is 0. The predicted octanol–water partition coefficient (Wildman–Crippen LogP) is 15.2. The summed E-state index contributed by atoms with van der Waals surface area (Å²) >= 11 is 0. The molecule has 0 amide bonds. The molecule has 1 N–H and O–H groups in total. The number of phosphoric ester groups is 1. The first kappa shape index (κ1) is 62.4. The molecule has 0 fully saturated rings. The first-order valence-corrected chi connectivity index (χ1v) is 26.8. The highest BCUT2D eigenvalue weighted by Crippen LogP contribution is 2.43. The van der Waals surface area contributed by atoms with Crippen LogP contribution in [0.15, 0.2) is 122 Å². The number of unbranched alkanes of at least 4 members (excludes halogenated alkanes) is 10. The molecule has 0 aliphatic heterocycles. The molecule has 0 heterocycles. The zero-order valence-electron chi connectivity index (χ0n) is 42.1. The highest BCUT2D eigenvalue weighted by Gasteiger charge is 2.27. The van der Waals surface area contributed by atoms with Crippen LogP contribution in [-0.2, 0) is 32.7 Å². The van der Waals surface area contributed by atoms with Gasteiger partial charge in [0.05, 0.1) is 27.7 Å². The van der Waals surface area contributed by atoms with E-state index in [9.17, 15) is 19.0 Å². The Morgan fingerprint density at radius 1 is 0.485 bits per heavy atom. The van der Waals surface area contributed by atoms with Crippen LogP contribution in [0.5, 0.6) is 0 Å². The Morgan fingerprint density at radius 3 is 1.33 bits per heavy atom. The van der Waals surface area contributed by atoms with E-state index < -0.39 is 32.5 Å². The molecular weight excluding hydrogens is 846 g/mol. The number of hydrogen-bond acceptors (Lipinski definition) is 7. The number of hydrogen-bond donors (Lipinski definition) is 1.